The van der Waals surface area contributed by atoms with E-state index in [0.717, 1.165) is 8.66 Å². The van der Waals surface area contributed by atoms with Gasteiger partial charge < -0.3 is 9.47 Å². The second kappa shape index (κ2) is 7.56. The molecule has 0 fully saturated rings. The summed E-state index contributed by atoms with van der Waals surface area (Å²) in [4.78, 5) is 1.07. The van der Waals surface area contributed by atoms with E-state index >= 15 is 0 Å². The van der Waals surface area contributed by atoms with E-state index in [1.807, 2.05) is 0 Å². The van der Waals surface area contributed by atoms with Crippen molar-refractivity contribution in [2.45, 2.75) is 11.8 Å². The fourth-order valence-corrected chi connectivity index (χ4v) is 4.69. The SMILES string of the molecule is COCCOCCNS(=O)(=O)c1cc(Br)sc1C. The van der Waals surface area contributed by atoms with Crippen molar-refractivity contribution in [1.29, 1.82) is 0 Å². The van der Waals surface area contributed by atoms with Crippen LogP contribution in [0.15, 0.2) is 14.7 Å². The molecule has 0 spiro atoms. The van der Waals surface area contributed by atoms with Gasteiger partial charge in [-0.1, -0.05) is 0 Å². The maximum Gasteiger partial charge on any atom is 0.241 e. The van der Waals surface area contributed by atoms with Crippen LogP contribution in [-0.2, 0) is 19.5 Å². The zero-order valence-corrected chi connectivity index (χ0v) is 13.5. The first-order chi connectivity index (χ1) is 8.47. The molecule has 1 aromatic heterocycles. The Labute approximate surface area is 120 Å². The lowest BCUT2D eigenvalue weighted by Crippen LogP contribution is -2.28. The molecule has 0 aliphatic heterocycles. The second-order valence-electron chi connectivity index (χ2n) is 3.47. The van der Waals surface area contributed by atoms with E-state index in [2.05, 4.69) is 20.7 Å². The van der Waals surface area contributed by atoms with Crippen LogP contribution < -0.4 is 4.72 Å². The number of sulfonamides is 1. The molecule has 104 valence electrons. The van der Waals surface area contributed by atoms with E-state index in [1.54, 1.807) is 20.1 Å². The summed E-state index contributed by atoms with van der Waals surface area (Å²) in [6.45, 7) is 3.32. The van der Waals surface area contributed by atoms with Crippen molar-refractivity contribution in [3.05, 3.63) is 14.7 Å². The molecule has 8 heteroatoms. The summed E-state index contributed by atoms with van der Waals surface area (Å²) in [5, 5.41) is 0. The molecule has 5 nitrogen and oxygen atoms in total. The predicted octanol–water partition coefficient (Wildman–Crippen LogP) is 1.76. The Hall–Kier alpha value is 0.01000. The molecule has 0 saturated heterocycles. The molecule has 0 aliphatic carbocycles. The molecular weight excluding hydrogens is 342 g/mol. The lowest BCUT2D eigenvalue weighted by atomic mass is 10.5. The van der Waals surface area contributed by atoms with E-state index in [0.29, 0.717) is 24.7 Å². The molecule has 1 rings (SSSR count). The number of aryl methyl sites for hydroxylation is 1. The predicted molar refractivity (Wildman–Crippen MR) is 74.6 cm³/mol. The van der Waals surface area contributed by atoms with Crippen LogP contribution >= 0.6 is 27.3 Å². The summed E-state index contributed by atoms with van der Waals surface area (Å²) in [5.74, 6) is 0. The van der Waals surface area contributed by atoms with Crippen molar-refractivity contribution in [2.24, 2.45) is 0 Å². The van der Waals surface area contributed by atoms with Crippen molar-refractivity contribution < 1.29 is 17.9 Å². The highest BCUT2D eigenvalue weighted by Gasteiger charge is 2.18. The molecule has 0 aromatic carbocycles. The smallest absolute Gasteiger partial charge is 0.241 e. The van der Waals surface area contributed by atoms with Crippen LogP contribution in [0.3, 0.4) is 0 Å². The summed E-state index contributed by atoms with van der Waals surface area (Å²) in [6, 6.07) is 1.61. The van der Waals surface area contributed by atoms with Gasteiger partial charge in [-0.25, -0.2) is 13.1 Å². The summed E-state index contributed by atoms with van der Waals surface area (Å²) < 4.78 is 37.2. The lowest BCUT2D eigenvalue weighted by Gasteiger charge is -2.06. The van der Waals surface area contributed by atoms with Crippen LogP contribution in [0.25, 0.3) is 0 Å². The van der Waals surface area contributed by atoms with Gasteiger partial charge in [0, 0.05) is 18.5 Å². The highest BCUT2D eigenvalue weighted by atomic mass is 79.9. The maximum absolute atomic E-state index is 11.9. The Kier molecular flexibility index (Phi) is 6.75. The molecular formula is C10H16BrNO4S2. The molecule has 0 radical (unpaired) electrons. The number of thiophene rings is 1. The number of hydrogen-bond acceptors (Lipinski definition) is 5. The monoisotopic (exact) mass is 357 g/mol. The van der Waals surface area contributed by atoms with Crippen LogP contribution in [0.4, 0.5) is 0 Å². The minimum Gasteiger partial charge on any atom is -0.382 e. The molecule has 0 bridgehead atoms. The van der Waals surface area contributed by atoms with Gasteiger partial charge in [0.1, 0.15) is 0 Å². The third-order valence-electron chi connectivity index (χ3n) is 2.10. The van der Waals surface area contributed by atoms with Crippen molar-refractivity contribution in [1.82, 2.24) is 4.72 Å². The Bertz CT molecular complexity index is 472. The molecule has 0 amide bonds. The Morgan fingerprint density at radius 1 is 1.39 bits per heavy atom. The molecule has 0 aliphatic rings. The first-order valence-electron chi connectivity index (χ1n) is 5.29. The topological polar surface area (TPSA) is 64.6 Å². The first kappa shape index (κ1) is 16.1. The minimum absolute atomic E-state index is 0.249. The number of halogens is 1. The number of rotatable bonds is 8. The molecule has 1 aromatic rings. The van der Waals surface area contributed by atoms with Crippen LogP contribution in [0.1, 0.15) is 4.88 Å². The Morgan fingerprint density at radius 3 is 2.67 bits per heavy atom. The molecule has 0 unspecified atom stereocenters. The van der Waals surface area contributed by atoms with Gasteiger partial charge in [-0.2, -0.15) is 0 Å². The quantitative estimate of drug-likeness (QED) is 0.720. The van der Waals surface area contributed by atoms with Crippen molar-refractivity contribution in [3.63, 3.8) is 0 Å². The van der Waals surface area contributed by atoms with Gasteiger partial charge in [0.05, 0.1) is 28.5 Å². The summed E-state index contributed by atoms with van der Waals surface area (Å²) >= 11 is 4.67. The van der Waals surface area contributed by atoms with Crippen LogP contribution in [0.2, 0.25) is 0 Å². The summed E-state index contributed by atoms with van der Waals surface area (Å²) in [6.07, 6.45) is 0. The van der Waals surface area contributed by atoms with E-state index in [9.17, 15) is 8.42 Å². The first-order valence-corrected chi connectivity index (χ1v) is 8.39. The van der Waals surface area contributed by atoms with Gasteiger partial charge >= 0.3 is 0 Å². The average molecular weight is 358 g/mol. The van der Waals surface area contributed by atoms with E-state index in [-0.39, 0.29) is 6.54 Å². The van der Waals surface area contributed by atoms with E-state index in [4.69, 9.17) is 9.47 Å². The van der Waals surface area contributed by atoms with Gasteiger partial charge in [0.25, 0.3) is 0 Å². The Balaban J connectivity index is 2.43. The highest BCUT2D eigenvalue weighted by molar-refractivity contribution is 9.11. The summed E-state index contributed by atoms with van der Waals surface area (Å²) in [7, 11) is -1.86. The third kappa shape index (κ3) is 4.94. The zero-order chi connectivity index (χ0) is 13.6. The van der Waals surface area contributed by atoms with Gasteiger partial charge in [-0.05, 0) is 28.9 Å². The molecule has 1 N–H and O–H groups in total. The van der Waals surface area contributed by atoms with Gasteiger partial charge in [-0.3, -0.25) is 0 Å². The maximum atomic E-state index is 11.9. The van der Waals surface area contributed by atoms with Gasteiger partial charge in [0.15, 0.2) is 0 Å². The van der Waals surface area contributed by atoms with Crippen molar-refractivity contribution in [3.8, 4) is 0 Å². The number of nitrogens with one attached hydrogen (secondary N) is 1. The largest absolute Gasteiger partial charge is 0.382 e. The standard InChI is InChI=1S/C10H16BrNO4S2/c1-8-9(7-10(11)17-8)18(13,14)12-3-4-16-6-5-15-2/h7,12H,3-6H2,1-2H3. The molecule has 0 atom stereocenters. The summed E-state index contributed by atoms with van der Waals surface area (Å²) in [5.41, 5.74) is 0. The van der Waals surface area contributed by atoms with Crippen molar-refractivity contribution in [2.75, 3.05) is 33.5 Å². The van der Waals surface area contributed by atoms with Crippen LogP contribution in [0, 0.1) is 6.92 Å². The van der Waals surface area contributed by atoms with Gasteiger partial charge in [-0.15, -0.1) is 11.3 Å². The normalized spacial score (nSPS) is 11.9. The number of ether oxygens (including phenoxy) is 2. The highest BCUT2D eigenvalue weighted by Crippen LogP contribution is 2.29. The van der Waals surface area contributed by atoms with Gasteiger partial charge in [0.2, 0.25) is 10.0 Å². The molecule has 0 saturated carbocycles. The third-order valence-corrected chi connectivity index (χ3v) is 5.37. The van der Waals surface area contributed by atoms with E-state index < -0.39 is 10.0 Å². The fraction of sp³-hybridized carbons (Fsp3) is 0.600. The zero-order valence-electron chi connectivity index (χ0n) is 10.2. The molecule has 18 heavy (non-hydrogen) atoms. The number of methoxy groups -OCH3 is 1. The molecule has 1 heterocycles. The number of hydrogen-bond donors (Lipinski definition) is 1. The Morgan fingerprint density at radius 2 is 2.11 bits per heavy atom. The fourth-order valence-electron chi connectivity index (χ4n) is 1.27. The van der Waals surface area contributed by atoms with Crippen LogP contribution in [0.5, 0.6) is 0 Å². The second-order valence-corrected chi connectivity index (χ2v) is 7.84. The lowest BCUT2D eigenvalue weighted by molar-refractivity contribution is 0.0736. The van der Waals surface area contributed by atoms with Crippen molar-refractivity contribution >= 4 is 37.3 Å². The van der Waals surface area contributed by atoms with E-state index in [1.165, 1.54) is 11.3 Å². The minimum atomic E-state index is -3.44. The average Bonchev–Trinajstić information content (AvgIpc) is 2.63. The van der Waals surface area contributed by atoms with Crippen LogP contribution in [-0.4, -0.2) is 41.9 Å².